The van der Waals surface area contributed by atoms with Gasteiger partial charge in [-0.2, -0.15) is 0 Å². The van der Waals surface area contributed by atoms with E-state index in [9.17, 15) is 4.79 Å². The van der Waals surface area contributed by atoms with Gasteiger partial charge in [-0.15, -0.1) is 0 Å². The number of likely N-dealkylation sites (tertiary alicyclic amines) is 1. The lowest BCUT2D eigenvalue weighted by atomic mass is 9.95. The molecule has 1 amide bonds. The van der Waals surface area contributed by atoms with Crippen LogP contribution in [0.2, 0.25) is 0 Å². The van der Waals surface area contributed by atoms with Crippen molar-refractivity contribution in [1.82, 2.24) is 15.1 Å². The van der Waals surface area contributed by atoms with Crippen LogP contribution in [0.5, 0.6) is 0 Å². The number of primary amides is 1. The maximum atomic E-state index is 11.7. The third-order valence-corrected chi connectivity index (χ3v) is 4.90. The maximum absolute atomic E-state index is 11.7. The normalized spacial score (nSPS) is 20.6. The van der Waals surface area contributed by atoms with Gasteiger partial charge in [-0.05, 0) is 65.8 Å². The molecule has 1 unspecified atom stereocenters. The molecule has 1 saturated heterocycles. The summed E-state index contributed by atoms with van der Waals surface area (Å²) in [6.45, 7) is 11.5. The number of rotatable bonds is 9. The molecule has 1 heterocycles. The lowest BCUT2D eigenvalue weighted by Crippen LogP contribution is -2.55. The van der Waals surface area contributed by atoms with E-state index >= 15 is 0 Å². The summed E-state index contributed by atoms with van der Waals surface area (Å²) in [7, 11) is 2.17. The van der Waals surface area contributed by atoms with Crippen LogP contribution in [0.4, 0.5) is 0 Å². The van der Waals surface area contributed by atoms with Gasteiger partial charge in [0.1, 0.15) is 0 Å². The van der Waals surface area contributed by atoms with E-state index in [4.69, 9.17) is 5.73 Å². The number of piperidine rings is 1. The van der Waals surface area contributed by atoms with Crippen LogP contribution in [0.1, 0.15) is 46.5 Å². The minimum atomic E-state index is -0.589. The highest BCUT2D eigenvalue weighted by molar-refractivity contribution is 5.84. The molecule has 1 atom stereocenters. The Balaban J connectivity index is 2.43. The number of nitrogens with one attached hydrogen (secondary N) is 1. The molecule has 5 nitrogen and oxygen atoms in total. The minimum Gasteiger partial charge on any atom is -0.368 e. The van der Waals surface area contributed by atoms with E-state index in [1.54, 1.807) is 0 Å². The summed E-state index contributed by atoms with van der Waals surface area (Å²) in [6, 6.07) is 0.635. The van der Waals surface area contributed by atoms with Crippen LogP contribution in [-0.2, 0) is 4.79 Å². The molecule has 5 heteroatoms. The van der Waals surface area contributed by atoms with Crippen molar-refractivity contribution >= 4 is 5.91 Å². The second kappa shape index (κ2) is 8.71. The molecule has 0 spiro atoms. The largest absolute Gasteiger partial charge is 0.368 e. The van der Waals surface area contributed by atoms with E-state index in [1.165, 1.54) is 25.9 Å². The Labute approximate surface area is 130 Å². The van der Waals surface area contributed by atoms with E-state index in [-0.39, 0.29) is 5.91 Å². The summed E-state index contributed by atoms with van der Waals surface area (Å²) in [6.07, 6.45) is 4.22. The summed E-state index contributed by atoms with van der Waals surface area (Å²) in [5, 5.41) is 3.31. The first kappa shape index (κ1) is 18.4. The Morgan fingerprint density at radius 3 is 2.48 bits per heavy atom. The van der Waals surface area contributed by atoms with Crippen molar-refractivity contribution in [3.05, 3.63) is 0 Å². The van der Waals surface area contributed by atoms with Gasteiger partial charge in [0.15, 0.2) is 0 Å². The van der Waals surface area contributed by atoms with E-state index in [1.807, 2.05) is 6.92 Å². The van der Waals surface area contributed by atoms with Crippen LogP contribution in [0.25, 0.3) is 0 Å². The first-order chi connectivity index (χ1) is 9.92. The quantitative estimate of drug-likeness (QED) is 0.667. The van der Waals surface area contributed by atoms with Crippen LogP contribution < -0.4 is 11.1 Å². The van der Waals surface area contributed by atoms with Gasteiger partial charge in [-0.3, -0.25) is 4.79 Å². The van der Waals surface area contributed by atoms with Gasteiger partial charge >= 0.3 is 0 Å². The SMILES string of the molecule is CCCNC(C)(CCN(C)C1CCN(CC)CC1)C(N)=O. The molecule has 3 N–H and O–H groups in total. The van der Waals surface area contributed by atoms with E-state index in [0.29, 0.717) is 6.04 Å². The third kappa shape index (κ3) is 5.57. The number of carbonyl (C=O) groups is 1. The van der Waals surface area contributed by atoms with Crippen molar-refractivity contribution in [3.8, 4) is 0 Å². The topological polar surface area (TPSA) is 61.6 Å². The number of carbonyl (C=O) groups excluding carboxylic acids is 1. The van der Waals surface area contributed by atoms with Crippen LogP contribution in [0, 0.1) is 0 Å². The van der Waals surface area contributed by atoms with Crippen LogP contribution in [-0.4, -0.2) is 67.1 Å². The standard InChI is InChI=1S/C16H34N4O/c1-5-10-18-16(3,15(17)21)9-13-19(4)14-7-11-20(6-2)12-8-14/h14,18H,5-13H2,1-4H3,(H2,17,21). The van der Waals surface area contributed by atoms with Gasteiger partial charge in [0.2, 0.25) is 5.91 Å². The fourth-order valence-electron chi connectivity index (χ4n) is 2.96. The van der Waals surface area contributed by atoms with Crippen LogP contribution >= 0.6 is 0 Å². The van der Waals surface area contributed by atoms with Crippen LogP contribution in [0.15, 0.2) is 0 Å². The summed E-state index contributed by atoms with van der Waals surface area (Å²) in [4.78, 5) is 16.6. The highest BCUT2D eigenvalue weighted by atomic mass is 16.1. The fourth-order valence-corrected chi connectivity index (χ4v) is 2.96. The van der Waals surface area contributed by atoms with E-state index in [0.717, 1.165) is 32.5 Å². The van der Waals surface area contributed by atoms with Crippen molar-refractivity contribution in [3.63, 3.8) is 0 Å². The first-order valence-corrected chi connectivity index (χ1v) is 8.40. The van der Waals surface area contributed by atoms with Gasteiger partial charge in [-0.25, -0.2) is 0 Å². The Bertz CT molecular complexity index is 315. The zero-order chi connectivity index (χ0) is 15.9. The molecule has 1 aliphatic heterocycles. The smallest absolute Gasteiger partial charge is 0.237 e. The van der Waals surface area contributed by atoms with Crippen molar-refractivity contribution in [2.45, 2.75) is 58.0 Å². The number of amides is 1. The molecule has 0 radical (unpaired) electrons. The molecule has 21 heavy (non-hydrogen) atoms. The summed E-state index contributed by atoms with van der Waals surface area (Å²) in [5.41, 5.74) is 5.00. The second-order valence-electron chi connectivity index (χ2n) is 6.52. The first-order valence-electron chi connectivity index (χ1n) is 8.40. The molecule has 0 aromatic carbocycles. The van der Waals surface area contributed by atoms with Gasteiger partial charge in [-0.1, -0.05) is 13.8 Å². The van der Waals surface area contributed by atoms with E-state index < -0.39 is 5.54 Å². The van der Waals surface area contributed by atoms with Gasteiger partial charge in [0.05, 0.1) is 5.54 Å². The average molecular weight is 298 g/mol. The number of hydrogen-bond acceptors (Lipinski definition) is 4. The Hall–Kier alpha value is -0.650. The molecule has 0 bridgehead atoms. The van der Waals surface area contributed by atoms with Crippen LogP contribution in [0.3, 0.4) is 0 Å². The molecule has 124 valence electrons. The second-order valence-corrected chi connectivity index (χ2v) is 6.52. The summed E-state index contributed by atoms with van der Waals surface area (Å²) < 4.78 is 0. The van der Waals surface area contributed by atoms with Gasteiger partial charge in [0.25, 0.3) is 0 Å². The van der Waals surface area contributed by atoms with Gasteiger partial charge < -0.3 is 20.9 Å². The predicted octanol–water partition coefficient (Wildman–Crippen LogP) is 1.04. The number of hydrogen-bond donors (Lipinski definition) is 2. The average Bonchev–Trinajstić information content (AvgIpc) is 2.50. The summed E-state index contributed by atoms with van der Waals surface area (Å²) >= 11 is 0. The van der Waals surface area contributed by atoms with Crippen molar-refractivity contribution in [2.24, 2.45) is 5.73 Å². The Kier molecular flexibility index (Phi) is 7.63. The van der Waals surface area contributed by atoms with Crippen molar-refractivity contribution in [2.75, 3.05) is 39.8 Å². The third-order valence-electron chi connectivity index (χ3n) is 4.90. The molecule has 1 aliphatic rings. The van der Waals surface area contributed by atoms with Crippen molar-refractivity contribution in [1.29, 1.82) is 0 Å². The highest BCUT2D eigenvalue weighted by Crippen LogP contribution is 2.17. The number of nitrogens with zero attached hydrogens (tertiary/aromatic N) is 2. The molecule has 0 aromatic heterocycles. The zero-order valence-electron chi connectivity index (χ0n) is 14.3. The van der Waals surface area contributed by atoms with E-state index in [2.05, 4.69) is 36.0 Å². The molecule has 1 fully saturated rings. The monoisotopic (exact) mass is 298 g/mol. The minimum absolute atomic E-state index is 0.245. The maximum Gasteiger partial charge on any atom is 0.237 e. The lowest BCUT2D eigenvalue weighted by molar-refractivity contribution is -0.124. The molecule has 0 saturated carbocycles. The fraction of sp³-hybridized carbons (Fsp3) is 0.938. The highest BCUT2D eigenvalue weighted by Gasteiger charge is 2.31. The molecule has 1 rings (SSSR count). The molecular formula is C16H34N4O. The van der Waals surface area contributed by atoms with Crippen molar-refractivity contribution < 1.29 is 4.79 Å². The lowest BCUT2D eigenvalue weighted by Gasteiger charge is -2.38. The molecule has 0 aliphatic carbocycles. The zero-order valence-corrected chi connectivity index (χ0v) is 14.3. The Morgan fingerprint density at radius 1 is 1.38 bits per heavy atom. The summed E-state index contributed by atoms with van der Waals surface area (Å²) in [5.74, 6) is -0.245. The van der Waals surface area contributed by atoms with Gasteiger partial charge in [0, 0.05) is 12.6 Å². The molecular weight excluding hydrogens is 264 g/mol. The predicted molar refractivity (Wildman–Crippen MR) is 88.3 cm³/mol. The molecule has 0 aromatic rings. The number of nitrogens with two attached hydrogens (primary N) is 1. The Morgan fingerprint density at radius 2 is 2.00 bits per heavy atom.